The van der Waals surface area contributed by atoms with E-state index in [1.807, 2.05) is 0 Å². The number of ether oxygens (including phenoxy) is 1. The summed E-state index contributed by atoms with van der Waals surface area (Å²) in [6.45, 7) is 1.41. The molecule has 1 aromatic heterocycles. The molecule has 0 aliphatic heterocycles. The van der Waals surface area contributed by atoms with E-state index in [9.17, 15) is 22.8 Å². The Hall–Kier alpha value is -3.09. The molecular formula is C19H14F3NO3. The van der Waals surface area contributed by atoms with Crippen molar-refractivity contribution in [2.75, 3.05) is 7.11 Å². The van der Waals surface area contributed by atoms with Crippen LogP contribution in [0.4, 0.5) is 13.2 Å². The maximum atomic E-state index is 13.5. The predicted molar refractivity (Wildman–Crippen MR) is 92.6 cm³/mol. The molecular weight excluding hydrogens is 347 g/mol. The number of nitrogens with one attached hydrogen (secondary N) is 1. The largest absolute Gasteiger partial charge is 0.497 e. The Morgan fingerprint density at radius 3 is 2.23 bits per heavy atom. The standard InChI is InChI=1S/C19H14F3NO3/c1-10-15(11-6-8-12(26-2)9-7-11)17(24)18(25)23-14-5-3-4-13(16(10)14)19(20,21)22/h3-9H,1-2H3,(H,23,24,25). The predicted octanol–water partition coefficient (Wildman–Crippen LogP) is 3.89. The molecule has 0 amide bonds. The first-order chi connectivity index (χ1) is 12.2. The highest BCUT2D eigenvalue weighted by molar-refractivity contribution is 5.90. The van der Waals surface area contributed by atoms with Crippen LogP contribution in [0.25, 0.3) is 22.0 Å². The molecule has 0 saturated heterocycles. The van der Waals surface area contributed by atoms with Crippen LogP contribution in [0.2, 0.25) is 0 Å². The zero-order valence-electron chi connectivity index (χ0n) is 13.9. The van der Waals surface area contributed by atoms with E-state index in [0.29, 0.717) is 11.3 Å². The number of aromatic amines is 1. The van der Waals surface area contributed by atoms with Crippen molar-refractivity contribution in [3.8, 4) is 16.9 Å². The van der Waals surface area contributed by atoms with E-state index >= 15 is 0 Å². The summed E-state index contributed by atoms with van der Waals surface area (Å²) in [6, 6.07) is 9.67. The van der Waals surface area contributed by atoms with Crippen LogP contribution in [-0.2, 0) is 6.18 Å². The quantitative estimate of drug-likeness (QED) is 0.705. The van der Waals surface area contributed by atoms with Crippen molar-refractivity contribution < 1.29 is 17.9 Å². The highest BCUT2D eigenvalue weighted by Crippen LogP contribution is 2.36. The van der Waals surface area contributed by atoms with E-state index in [1.54, 1.807) is 12.1 Å². The Morgan fingerprint density at radius 1 is 1.00 bits per heavy atom. The molecule has 0 radical (unpaired) electrons. The third-order valence-electron chi connectivity index (χ3n) is 4.18. The van der Waals surface area contributed by atoms with Crippen LogP contribution in [0.1, 0.15) is 11.1 Å². The van der Waals surface area contributed by atoms with Gasteiger partial charge in [0.1, 0.15) is 5.75 Å². The minimum absolute atomic E-state index is 0.0424. The molecule has 0 bridgehead atoms. The number of fused-ring (bicyclic) bond motifs is 1. The lowest BCUT2D eigenvalue weighted by atomic mass is 9.97. The molecule has 1 N–H and O–H groups in total. The molecule has 0 atom stereocenters. The Bertz CT molecular complexity index is 1100. The number of benzene rings is 2. The van der Waals surface area contributed by atoms with Crippen molar-refractivity contribution in [3.05, 3.63) is 74.2 Å². The van der Waals surface area contributed by atoms with Crippen molar-refractivity contribution >= 4 is 10.9 Å². The number of rotatable bonds is 2. The fraction of sp³-hybridized carbons (Fsp3) is 0.158. The second-order valence-electron chi connectivity index (χ2n) is 5.74. The second-order valence-corrected chi connectivity index (χ2v) is 5.74. The molecule has 134 valence electrons. The Balaban J connectivity index is 2.50. The molecule has 3 rings (SSSR count). The zero-order valence-corrected chi connectivity index (χ0v) is 13.9. The van der Waals surface area contributed by atoms with Crippen LogP contribution < -0.4 is 15.7 Å². The van der Waals surface area contributed by atoms with Crippen molar-refractivity contribution in [2.45, 2.75) is 13.1 Å². The molecule has 26 heavy (non-hydrogen) atoms. The van der Waals surface area contributed by atoms with Gasteiger partial charge in [0.05, 0.1) is 12.7 Å². The molecule has 2 aromatic carbocycles. The van der Waals surface area contributed by atoms with Gasteiger partial charge in [-0.25, -0.2) is 0 Å². The summed E-state index contributed by atoms with van der Waals surface area (Å²) in [5.74, 6) is 0.522. The van der Waals surface area contributed by atoms with Gasteiger partial charge in [-0.05, 0) is 42.3 Å². The normalized spacial score (nSPS) is 11.6. The number of hydrogen-bond donors (Lipinski definition) is 1. The average molecular weight is 361 g/mol. The van der Waals surface area contributed by atoms with Crippen LogP contribution in [0.3, 0.4) is 0 Å². The number of H-pyrrole nitrogens is 1. The second kappa shape index (κ2) is 6.33. The third-order valence-corrected chi connectivity index (χ3v) is 4.18. The number of hydrogen-bond acceptors (Lipinski definition) is 3. The number of aromatic nitrogens is 1. The van der Waals surface area contributed by atoms with Crippen LogP contribution in [0, 0.1) is 6.92 Å². The maximum absolute atomic E-state index is 13.5. The van der Waals surface area contributed by atoms with E-state index in [4.69, 9.17) is 4.74 Å². The Labute approximate surface area is 145 Å². The van der Waals surface area contributed by atoms with E-state index in [2.05, 4.69) is 4.98 Å². The maximum Gasteiger partial charge on any atom is 0.417 e. The first-order valence-corrected chi connectivity index (χ1v) is 7.65. The third kappa shape index (κ3) is 2.96. The van der Waals surface area contributed by atoms with E-state index < -0.39 is 22.7 Å². The fourth-order valence-electron chi connectivity index (χ4n) is 2.99. The monoisotopic (exact) mass is 361 g/mol. The smallest absolute Gasteiger partial charge is 0.417 e. The first-order valence-electron chi connectivity index (χ1n) is 7.65. The number of alkyl halides is 3. The number of halogens is 3. The molecule has 1 heterocycles. The topological polar surface area (TPSA) is 59.2 Å². The van der Waals surface area contributed by atoms with E-state index in [-0.39, 0.29) is 22.0 Å². The molecule has 0 fully saturated rings. The highest BCUT2D eigenvalue weighted by atomic mass is 19.4. The van der Waals surface area contributed by atoms with Gasteiger partial charge in [0.15, 0.2) is 0 Å². The highest BCUT2D eigenvalue weighted by Gasteiger charge is 2.33. The Morgan fingerprint density at radius 2 is 1.65 bits per heavy atom. The average Bonchev–Trinajstić information content (AvgIpc) is 2.69. The van der Waals surface area contributed by atoms with Crippen molar-refractivity contribution in [2.24, 2.45) is 0 Å². The van der Waals surface area contributed by atoms with E-state index in [0.717, 1.165) is 6.07 Å². The van der Waals surface area contributed by atoms with Gasteiger partial charge in [-0.1, -0.05) is 18.2 Å². The van der Waals surface area contributed by atoms with Gasteiger partial charge in [0.25, 0.3) is 11.0 Å². The number of methoxy groups -OCH3 is 1. The van der Waals surface area contributed by atoms with Gasteiger partial charge in [-0.15, -0.1) is 0 Å². The fourth-order valence-corrected chi connectivity index (χ4v) is 2.99. The van der Waals surface area contributed by atoms with Crippen molar-refractivity contribution in [3.63, 3.8) is 0 Å². The summed E-state index contributed by atoms with van der Waals surface area (Å²) in [4.78, 5) is 27.0. The van der Waals surface area contributed by atoms with Crippen LogP contribution >= 0.6 is 0 Å². The minimum Gasteiger partial charge on any atom is -0.497 e. The SMILES string of the molecule is COc1ccc(-c2c(C)c3c(C(F)(F)F)cccc3[nH]c(=O)c2=O)cc1. The molecule has 0 aliphatic carbocycles. The van der Waals surface area contributed by atoms with Gasteiger partial charge in [0.2, 0.25) is 0 Å². The van der Waals surface area contributed by atoms with Crippen LogP contribution in [0.15, 0.2) is 52.1 Å². The lowest BCUT2D eigenvalue weighted by molar-refractivity contribution is -0.136. The lowest BCUT2D eigenvalue weighted by Crippen LogP contribution is -2.25. The molecule has 0 saturated carbocycles. The molecule has 3 aromatic rings. The summed E-state index contributed by atoms with van der Waals surface area (Å²) in [7, 11) is 1.47. The van der Waals surface area contributed by atoms with Gasteiger partial charge >= 0.3 is 6.18 Å². The Kier molecular flexibility index (Phi) is 4.31. The number of aryl methyl sites for hydroxylation is 1. The molecule has 0 spiro atoms. The summed E-state index contributed by atoms with van der Waals surface area (Å²) in [5.41, 5.74) is -2.46. The summed E-state index contributed by atoms with van der Waals surface area (Å²) < 4.78 is 45.4. The minimum atomic E-state index is -4.63. The molecule has 0 aliphatic rings. The molecule has 7 heteroatoms. The van der Waals surface area contributed by atoms with Gasteiger partial charge in [0, 0.05) is 16.5 Å². The van der Waals surface area contributed by atoms with Gasteiger partial charge in [-0.3, -0.25) is 9.59 Å². The molecule has 0 unspecified atom stereocenters. The van der Waals surface area contributed by atoms with Gasteiger partial charge in [-0.2, -0.15) is 13.2 Å². The van der Waals surface area contributed by atoms with Crippen molar-refractivity contribution in [1.29, 1.82) is 0 Å². The summed E-state index contributed by atoms with van der Waals surface area (Å²) in [6.07, 6.45) is -4.63. The van der Waals surface area contributed by atoms with E-state index in [1.165, 1.54) is 38.3 Å². The first kappa shape index (κ1) is 17.7. The summed E-state index contributed by atoms with van der Waals surface area (Å²) >= 11 is 0. The summed E-state index contributed by atoms with van der Waals surface area (Å²) in [5, 5.41) is -0.204. The zero-order chi connectivity index (χ0) is 19.1. The van der Waals surface area contributed by atoms with Crippen molar-refractivity contribution in [1.82, 2.24) is 4.98 Å². The van der Waals surface area contributed by atoms with Crippen LogP contribution in [-0.4, -0.2) is 12.1 Å². The molecule has 4 nitrogen and oxygen atoms in total. The van der Waals surface area contributed by atoms with Crippen LogP contribution in [0.5, 0.6) is 5.75 Å². The van der Waals surface area contributed by atoms with Gasteiger partial charge < -0.3 is 9.72 Å². The lowest BCUT2D eigenvalue weighted by Gasteiger charge is -2.12.